The number of thioether (sulfide) groups is 1. The monoisotopic (exact) mass is 371 g/mol. The van der Waals surface area contributed by atoms with Crippen LogP contribution in [0.2, 0.25) is 0 Å². The second kappa shape index (κ2) is 4.82. The number of benzene rings is 1. The van der Waals surface area contributed by atoms with Gasteiger partial charge in [0.2, 0.25) is 0 Å². The number of halogens is 1. The smallest absolute Gasteiger partial charge is 1.00 e. The third-order valence-electron chi connectivity index (χ3n) is 1.87. The molecule has 0 bridgehead atoms. The topological polar surface area (TPSA) is 3.88 Å². The van der Waals surface area contributed by atoms with Crippen LogP contribution < -0.4 is 28.5 Å². The Balaban J connectivity index is 0.000000845. The van der Waals surface area contributed by atoms with Crippen LogP contribution >= 0.6 is 11.8 Å². The van der Waals surface area contributed by atoms with Gasteiger partial charge in [-0.25, -0.2) is 0 Å². The molecule has 70 valence electrons. The predicted molar refractivity (Wildman–Crippen MR) is 53.8 cm³/mol. The van der Waals surface area contributed by atoms with E-state index in [2.05, 4.69) is 42.1 Å². The van der Waals surface area contributed by atoms with Crippen molar-refractivity contribution in [2.45, 2.75) is 3.90 Å². The van der Waals surface area contributed by atoms with Gasteiger partial charge < -0.3 is 24.0 Å². The summed E-state index contributed by atoms with van der Waals surface area (Å²) in [4.78, 5) is 0. The van der Waals surface area contributed by atoms with Crippen molar-refractivity contribution in [3.8, 4) is 0 Å². The molecule has 0 spiro atoms. The van der Waals surface area contributed by atoms with Gasteiger partial charge in [-0.3, -0.25) is 0 Å². The number of aryl methyl sites for hydroxylation is 1. The molecule has 2 rings (SSSR count). The average Bonchev–Trinajstić information content (AvgIpc) is 2.44. The summed E-state index contributed by atoms with van der Waals surface area (Å²) in [6.07, 6.45) is 2.15. The number of rotatable bonds is 1. The molecule has 0 saturated heterocycles. The van der Waals surface area contributed by atoms with Crippen molar-refractivity contribution in [2.24, 2.45) is 7.05 Å². The molecule has 0 amide bonds. The molecule has 0 atom stereocenters. The van der Waals surface area contributed by atoms with Gasteiger partial charge in [0.25, 0.3) is 0 Å². The van der Waals surface area contributed by atoms with E-state index in [1.807, 2.05) is 11.8 Å². The molecule has 0 aliphatic heterocycles. The first kappa shape index (κ1) is 11.6. The molecule has 0 fully saturated rings. The van der Waals surface area contributed by atoms with Crippen LogP contribution in [0.25, 0.3) is 9.78 Å². The average molecular weight is 370 g/mol. The first-order chi connectivity index (χ1) is 5.83. The van der Waals surface area contributed by atoms with E-state index in [9.17, 15) is 0 Å². The van der Waals surface area contributed by atoms with Crippen LogP contribution in [0.3, 0.4) is 0 Å². The van der Waals surface area contributed by atoms with Crippen molar-refractivity contribution in [2.75, 3.05) is 6.26 Å². The van der Waals surface area contributed by atoms with E-state index in [1.165, 1.54) is 13.7 Å². The molecule has 4 heteroatoms. The van der Waals surface area contributed by atoms with Crippen LogP contribution in [0.4, 0.5) is 0 Å². The molecule has 1 heterocycles. The quantitative estimate of drug-likeness (QED) is 0.255. The van der Waals surface area contributed by atoms with Crippen molar-refractivity contribution < 1.29 is 28.5 Å². The van der Waals surface area contributed by atoms with E-state index in [4.69, 9.17) is 0 Å². The summed E-state index contributed by atoms with van der Waals surface area (Å²) in [5, 5.41) is 0. The van der Waals surface area contributed by atoms with Gasteiger partial charge in [-0.15, -0.1) is 0 Å². The molecule has 0 saturated carbocycles. The zero-order valence-corrected chi connectivity index (χ0v) is 12.1. The van der Waals surface area contributed by atoms with Crippen LogP contribution in [-0.4, -0.2) is 20.8 Å². The summed E-state index contributed by atoms with van der Waals surface area (Å²) in [5.74, 6) is 0. The Labute approximate surface area is 105 Å². The molecule has 0 aliphatic carbocycles. The van der Waals surface area contributed by atoms with Gasteiger partial charge in [0.05, 0.1) is 0 Å². The Morgan fingerprint density at radius 2 is 2.00 bits per heavy atom. The molecule has 1 aromatic carbocycles. The van der Waals surface area contributed by atoms with Crippen LogP contribution in [-0.2, 0) is 7.05 Å². The summed E-state index contributed by atoms with van der Waals surface area (Å²) >= 11 is 2.41. The molecule has 13 heavy (non-hydrogen) atoms. The largest absolute Gasteiger partial charge is 1.00 e. The minimum Gasteiger partial charge on any atom is -1.00 e. The third kappa shape index (κ3) is 2.12. The van der Waals surface area contributed by atoms with E-state index in [1.54, 1.807) is 0 Å². The summed E-state index contributed by atoms with van der Waals surface area (Å²) in [6.45, 7) is 0. The number of para-hydroxylation sites is 1. The van der Waals surface area contributed by atoms with E-state index in [0.29, 0.717) is 14.5 Å². The Kier molecular flexibility index (Phi) is 4.29. The predicted octanol–water partition coefficient (Wildman–Crippen LogP) is -1.55. The minimum absolute atomic E-state index is 0. The molecule has 0 N–H and O–H groups in total. The maximum atomic E-state index is 2.31. The Hall–Kier alpha value is 0.489. The maximum Gasteiger partial charge on any atom is -1.00 e. The van der Waals surface area contributed by atoms with Crippen LogP contribution in [0.5, 0.6) is 0 Å². The van der Waals surface area contributed by atoms with E-state index < -0.39 is 0 Å². The van der Waals surface area contributed by atoms with E-state index >= 15 is 0 Å². The van der Waals surface area contributed by atoms with Crippen molar-refractivity contribution in [1.82, 2.24) is 0 Å². The first-order valence-corrected chi connectivity index (χ1v) is 6.68. The van der Waals surface area contributed by atoms with Crippen molar-refractivity contribution in [3.05, 3.63) is 24.3 Å². The summed E-state index contributed by atoms with van der Waals surface area (Å²) in [6, 6.07) is 8.65. The molecular weight excluding hydrogens is 360 g/mol. The Morgan fingerprint density at radius 3 is 2.62 bits per heavy atom. The molecule has 2 aromatic rings. The third-order valence-corrected chi connectivity index (χ3v) is 6.10. The SMILES string of the molecule is CSc1[se]c2ccccc2[n+]1C.[I-]. The molecule has 0 unspecified atom stereocenters. The summed E-state index contributed by atoms with van der Waals surface area (Å²) in [7, 11) is 2.15. The molecule has 1 nitrogen and oxygen atoms in total. The van der Waals surface area contributed by atoms with Gasteiger partial charge in [0.15, 0.2) is 0 Å². The molecule has 0 radical (unpaired) electrons. The number of nitrogens with zero attached hydrogens (tertiary/aromatic N) is 1. The van der Waals surface area contributed by atoms with Gasteiger partial charge >= 0.3 is 82.1 Å². The zero-order valence-electron chi connectivity index (χ0n) is 7.45. The number of aromatic nitrogens is 1. The zero-order chi connectivity index (χ0) is 8.55. The number of hydrogen-bond acceptors (Lipinski definition) is 1. The van der Waals surface area contributed by atoms with Crippen LogP contribution in [0.15, 0.2) is 28.2 Å². The van der Waals surface area contributed by atoms with Crippen molar-refractivity contribution >= 4 is 36.0 Å². The normalized spacial score (nSPS) is 10.0. The van der Waals surface area contributed by atoms with Gasteiger partial charge in [-0.05, 0) is 0 Å². The van der Waals surface area contributed by atoms with Crippen LogP contribution in [0.1, 0.15) is 0 Å². The van der Waals surface area contributed by atoms with Crippen LogP contribution in [0, 0.1) is 0 Å². The number of hydrogen-bond donors (Lipinski definition) is 0. The first-order valence-electron chi connectivity index (χ1n) is 3.74. The van der Waals surface area contributed by atoms with Crippen molar-refractivity contribution in [1.29, 1.82) is 0 Å². The second-order valence-electron chi connectivity index (χ2n) is 2.60. The minimum atomic E-state index is 0. The Bertz CT molecular complexity index is 413. The van der Waals surface area contributed by atoms with Crippen molar-refractivity contribution in [3.63, 3.8) is 0 Å². The standard InChI is InChI=1S/C9H10NSSe.HI/c1-10-7-5-3-4-6-8(7)12-9(10)11-2;/h3-6H,1-2H3;1H/q+1;/p-1. The van der Waals surface area contributed by atoms with E-state index in [-0.39, 0.29) is 24.0 Å². The molecule has 1 aromatic heterocycles. The van der Waals surface area contributed by atoms with Gasteiger partial charge in [-0.2, -0.15) is 0 Å². The van der Waals surface area contributed by atoms with Gasteiger partial charge in [0.1, 0.15) is 0 Å². The summed E-state index contributed by atoms with van der Waals surface area (Å²) in [5.41, 5.74) is 1.39. The summed E-state index contributed by atoms with van der Waals surface area (Å²) < 4.78 is 5.32. The number of fused-ring (bicyclic) bond motifs is 1. The Morgan fingerprint density at radius 1 is 1.31 bits per heavy atom. The fourth-order valence-electron chi connectivity index (χ4n) is 1.26. The fraction of sp³-hybridized carbons (Fsp3) is 0.222. The molecule has 0 aliphatic rings. The molecular formula is C9H10INSSe. The fourth-order valence-corrected chi connectivity index (χ4v) is 4.55. The second-order valence-corrected chi connectivity index (χ2v) is 6.14. The van der Waals surface area contributed by atoms with Gasteiger partial charge in [0, 0.05) is 0 Å². The maximum absolute atomic E-state index is 2.31. The van der Waals surface area contributed by atoms with Gasteiger partial charge in [-0.1, -0.05) is 0 Å². The van der Waals surface area contributed by atoms with E-state index in [0.717, 1.165) is 0 Å².